The fourth-order valence-corrected chi connectivity index (χ4v) is 1.72. The monoisotopic (exact) mass is 289 g/mol. The van der Waals surface area contributed by atoms with E-state index in [-0.39, 0.29) is 19.1 Å². The predicted molar refractivity (Wildman–Crippen MR) is 83.0 cm³/mol. The normalized spacial score (nSPS) is 10.8. The first-order chi connectivity index (χ1) is 9.83. The molecule has 1 aromatic rings. The number of likely N-dealkylation sites (N-methyl/N-ethyl adjacent to an activating group) is 1. The molecule has 0 atom stereocenters. The van der Waals surface area contributed by atoms with Gasteiger partial charge in [0.15, 0.2) is 0 Å². The number of carbonyl (C=O) groups is 1. The van der Waals surface area contributed by atoms with Crippen molar-refractivity contribution in [3.8, 4) is 11.8 Å². The Kier molecular flexibility index (Phi) is 5.95. The lowest BCUT2D eigenvalue weighted by atomic mass is 9.99. The zero-order chi connectivity index (χ0) is 16.0. The first kappa shape index (κ1) is 17.2. The van der Waals surface area contributed by atoms with E-state index in [0.717, 1.165) is 5.56 Å². The summed E-state index contributed by atoms with van der Waals surface area (Å²) < 4.78 is 0. The molecular weight excluding hydrogens is 266 g/mol. The van der Waals surface area contributed by atoms with E-state index in [2.05, 4.69) is 11.8 Å². The van der Waals surface area contributed by atoms with E-state index in [1.165, 1.54) is 4.90 Å². The van der Waals surface area contributed by atoms with Crippen LogP contribution in [0.25, 0.3) is 0 Å². The topological polar surface area (TPSA) is 60.8 Å². The van der Waals surface area contributed by atoms with Crippen LogP contribution in [0.15, 0.2) is 18.2 Å². The molecule has 4 nitrogen and oxygen atoms in total. The van der Waals surface area contributed by atoms with Gasteiger partial charge in [-0.15, -0.1) is 0 Å². The number of amides is 1. The van der Waals surface area contributed by atoms with Crippen LogP contribution in [0.3, 0.4) is 0 Å². The zero-order valence-electron chi connectivity index (χ0n) is 13.1. The molecule has 0 unspecified atom stereocenters. The van der Waals surface area contributed by atoms with E-state index in [1.54, 1.807) is 27.0 Å². The van der Waals surface area contributed by atoms with Crippen molar-refractivity contribution in [3.63, 3.8) is 0 Å². The molecule has 1 rings (SSSR count). The van der Waals surface area contributed by atoms with E-state index in [0.29, 0.717) is 17.5 Å². The number of aliphatic hydroxyl groups excluding tert-OH is 2. The van der Waals surface area contributed by atoms with Crippen LogP contribution in [0.4, 0.5) is 0 Å². The lowest BCUT2D eigenvalue weighted by molar-refractivity contribution is 0.0473. The number of benzene rings is 1. The van der Waals surface area contributed by atoms with Gasteiger partial charge in [-0.05, 0) is 32.9 Å². The van der Waals surface area contributed by atoms with Crippen molar-refractivity contribution < 1.29 is 15.0 Å². The third kappa shape index (κ3) is 4.32. The van der Waals surface area contributed by atoms with Crippen molar-refractivity contribution in [1.82, 2.24) is 4.90 Å². The summed E-state index contributed by atoms with van der Waals surface area (Å²) in [4.78, 5) is 14.2. The summed E-state index contributed by atoms with van der Waals surface area (Å²) in [6, 6.07) is 5.51. The fourth-order valence-electron chi connectivity index (χ4n) is 1.72. The molecule has 2 N–H and O–H groups in total. The number of hydrogen-bond donors (Lipinski definition) is 2. The van der Waals surface area contributed by atoms with Crippen molar-refractivity contribution >= 4 is 5.91 Å². The average molecular weight is 289 g/mol. The maximum atomic E-state index is 12.7. The second kappa shape index (κ2) is 7.26. The molecule has 0 fully saturated rings. The molecule has 1 aromatic carbocycles. The van der Waals surface area contributed by atoms with Gasteiger partial charge in [-0.3, -0.25) is 4.79 Å². The maximum absolute atomic E-state index is 12.7. The summed E-state index contributed by atoms with van der Waals surface area (Å²) in [6.07, 6.45) is 0.374. The van der Waals surface area contributed by atoms with E-state index in [1.807, 2.05) is 19.1 Å². The van der Waals surface area contributed by atoms with Gasteiger partial charge in [0.1, 0.15) is 0 Å². The molecule has 4 heteroatoms. The Balaban J connectivity index is 3.20. The molecule has 0 aliphatic rings. The molecule has 0 saturated heterocycles. The van der Waals surface area contributed by atoms with Crippen LogP contribution in [0.1, 0.15) is 41.8 Å². The highest BCUT2D eigenvalue weighted by Crippen LogP contribution is 2.19. The average Bonchev–Trinajstić information content (AvgIpc) is 2.47. The molecule has 21 heavy (non-hydrogen) atoms. The number of aryl methyl sites for hydroxylation is 1. The van der Waals surface area contributed by atoms with Crippen molar-refractivity contribution in [1.29, 1.82) is 0 Å². The highest BCUT2D eigenvalue weighted by atomic mass is 16.3. The first-order valence-corrected chi connectivity index (χ1v) is 6.93. The van der Waals surface area contributed by atoms with Gasteiger partial charge in [0.05, 0.1) is 24.3 Å². The second-order valence-corrected chi connectivity index (χ2v) is 5.66. The minimum absolute atomic E-state index is 0.000409. The number of carbonyl (C=O) groups excluding carboxylic acids is 1. The van der Waals surface area contributed by atoms with Crippen LogP contribution in [0.5, 0.6) is 0 Å². The van der Waals surface area contributed by atoms with Gasteiger partial charge in [-0.25, -0.2) is 0 Å². The van der Waals surface area contributed by atoms with Gasteiger partial charge in [0, 0.05) is 19.0 Å². The summed E-state index contributed by atoms with van der Waals surface area (Å²) in [6.45, 7) is 5.40. The molecule has 0 saturated carbocycles. The molecule has 0 aliphatic heterocycles. The number of aliphatic hydroxyl groups is 2. The Morgan fingerprint density at radius 3 is 2.57 bits per heavy atom. The van der Waals surface area contributed by atoms with Crippen molar-refractivity contribution in [2.75, 3.05) is 20.3 Å². The van der Waals surface area contributed by atoms with E-state index >= 15 is 0 Å². The third-order valence-corrected chi connectivity index (χ3v) is 3.46. The number of hydrogen-bond acceptors (Lipinski definition) is 3. The summed E-state index contributed by atoms with van der Waals surface area (Å²) in [5.74, 6) is 5.59. The van der Waals surface area contributed by atoms with Crippen LogP contribution < -0.4 is 0 Å². The van der Waals surface area contributed by atoms with Gasteiger partial charge in [-0.2, -0.15) is 0 Å². The fraction of sp³-hybridized carbons (Fsp3) is 0.471. The van der Waals surface area contributed by atoms with Crippen LogP contribution in [-0.2, 0) is 0 Å². The highest BCUT2D eigenvalue weighted by Gasteiger charge is 2.28. The smallest absolute Gasteiger partial charge is 0.255 e. The Morgan fingerprint density at radius 1 is 1.33 bits per heavy atom. The molecule has 0 bridgehead atoms. The predicted octanol–water partition coefficient (Wildman–Crippen LogP) is 1.57. The number of rotatable bonds is 4. The van der Waals surface area contributed by atoms with Crippen LogP contribution in [0.2, 0.25) is 0 Å². The minimum Gasteiger partial charge on any atom is -0.395 e. The van der Waals surface area contributed by atoms with E-state index < -0.39 is 5.54 Å². The molecule has 0 aromatic heterocycles. The highest BCUT2D eigenvalue weighted by molar-refractivity contribution is 5.97. The third-order valence-electron chi connectivity index (χ3n) is 3.46. The molecule has 0 heterocycles. The largest absolute Gasteiger partial charge is 0.395 e. The van der Waals surface area contributed by atoms with Gasteiger partial charge in [-0.1, -0.05) is 23.5 Å². The molecule has 0 aliphatic carbocycles. The zero-order valence-corrected chi connectivity index (χ0v) is 13.1. The van der Waals surface area contributed by atoms with Crippen molar-refractivity contribution in [3.05, 3.63) is 34.9 Å². The van der Waals surface area contributed by atoms with Gasteiger partial charge in [0.2, 0.25) is 0 Å². The molecule has 114 valence electrons. The van der Waals surface area contributed by atoms with Crippen molar-refractivity contribution in [2.45, 2.75) is 32.7 Å². The molecule has 1 amide bonds. The van der Waals surface area contributed by atoms with Crippen LogP contribution in [-0.4, -0.2) is 46.8 Å². The Morgan fingerprint density at radius 2 is 2.00 bits per heavy atom. The summed E-state index contributed by atoms with van der Waals surface area (Å²) in [7, 11) is 1.67. The maximum Gasteiger partial charge on any atom is 0.255 e. The number of nitrogens with zero attached hydrogens (tertiary/aromatic N) is 1. The van der Waals surface area contributed by atoms with Crippen LogP contribution >= 0.6 is 0 Å². The Labute approximate surface area is 126 Å². The van der Waals surface area contributed by atoms with Crippen molar-refractivity contribution in [2.24, 2.45) is 0 Å². The van der Waals surface area contributed by atoms with Gasteiger partial charge < -0.3 is 15.1 Å². The lowest BCUT2D eigenvalue weighted by Crippen LogP contribution is -2.47. The van der Waals surface area contributed by atoms with E-state index in [4.69, 9.17) is 5.11 Å². The van der Waals surface area contributed by atoms with E-state index in [9.17, 15) is 9.90 Å². The molecule has 0 radical (unpaired) electrons. The first-order valence-electron chi connectivity index (χ1n) is 6.93. The standard InChI is InChI=1S/C17H23NO3/c1-13-8-9-14(7-5-6-10-19)15(11-13)16(21)18(4)17(2,3)12-20/h8-9,11,19-20H,6,10,12H2,1-4H3. The van der Waals surface area contributed by atoms with Crippen LogP contribution in [0, 0.1) is 18.8 Å². The SMILES string of the molecule is Cc1ccc(C#CCCO)c(C(=O)N(C)C(C)(C)CO)c1. The minimum atomic E-state index is -0.642. The lowest BCUT2D eigenvalue weighted by Gasteiger charge is -2.34. The molecule has 0 spiro atoms. The quantitative estimate of drug-likeness (QED) is 0.827. The summed E-state index contributed by atoms with van der Waals surface area (Å²) >= 11 is 0. The Bertz CT molecular complexity index is 567. The Hall–Kier alpha value is -1.83. The summed E-state index contributed by atoms with van der Waals surface area (Å²) in [5, 5.41) is 18.2. The second-order valence-electron chi connectivity index (χ2n) is 5.66. The molecular formula is C17H23NO3. The van der Waals surface area contributed by atoms with Gasteiger partial charge >= 0.3 is 0 Å². The van der Waals surface area contributed by atoms with Gasteiger partial charge in [0.25, 0.3) is 5.91 Å². The summed E-state index contributed by atoms with van der Waals surface area (Å²) in [5.41, 5.74) is 1.49.